The van der Waals surface area contributed by atoms with Crippen LogP contribution in [0, 0.1) is 3.57 Å². The number of rotatable bonds is 3. The first-order valence-corrected chi connectivity index (χ1v) is 5.81. The summed E-state index contributed by atoms with van der Waals surface area (Å²) in [6, 6.07) is 6.55. The Hall–Kier alpha value is -0.250. The fourth-order valence-corrected chi connectivity index (χ4v) is 2.16. The highest BCUT2D eigenvalue weighted by Crippen LogP contribution is 2.41. The minimum Gasteiger partial charge on any atom is -0.493 e. The maximum atomic E-state index is 5.48. The van der Waals surface area contributed by atoms with E-state index in [1.165, 1.54) is 22.0 Å². The van der Waals surface area contributed by atoms with Crippen LogP contribution in [0.1, 0.15) is 31.2 Å². The van der Waals surface area contributed by atoms with Crippen LogP contribution >= 0.6 is 22.6 Å². The molecule has 0 saturated heterocycles. The maximum absolute atomic E-state index is 5.48. The first kappa shape index (κ1) is 9.31. The topological polar surface area (TPSA) is 9.23 Å². The van der Waals surface area contributed by atoms with E-state index in [0.717, 1.165) is 18.3 Å². The van der Waals surface area contributed by atoms with Crippen molar-refractivity contribution in [1.29, 1.82) is 0 Å². The molecular weight excluding hydrogens is 275 g/mol. The van der Waals surface area contributed by atoms with Crippen LogP contribution in [0.25, 0.3) is 0 Å². The highest BCUT2D eigenvalue weighted by molar-refractivity contribution is 14.1. The highest BCUT2D eigenvalue weighted by atomic mass is 127. The van der Waals surface area contributed by atoms with Gasteiger partial charge >= 0.3 is 0 Å². The molecule has 0 aromatic heterocycles. The van der Waals surface area contributed by atoms with Crippen molar-refractivity contribution >= 4 is 22.6 Å². The van der Waals surface area contributed by atoms with Gasteiger partial charge in [-0.2, -0.15) is 0 Å². The Bertz CT molecular complexity index is 305. The van der Waals surface area contributed by atoms with E-state index in [1.54, 1.807) is 0 Å². The molecule has 1 nitrogen and oxygen atoms in total. The average Bonchev–Trinajstić information content (AvgIpc) is 2.91. The van der Waals surface area contributed by atoms with Gasteiger partial charge in [0.2, 0.25) is 0 Å². The molecule has 0 radical (unpaired) electrons. The number of hydrogen-bond donors (Lipinski definition) is 0. The summed E-state index contributed by atoms with van der Waals surface area (Å²) < 4.78 is 6.72. The second-order valence-electron chi connectivity index (χ2n) is 3.40. The number of halogens is 1. The Morgan fingerprint density at radius 1 is 1.46 bits per heavy atom. The van der Waals surface area contributed by atoms with Gasteiger partial charge in [-0.1, -0.05) is 6.07 Å². The summed E-state index contributed by atoms with van der Waals surface area (Å²) in [4.78, 5) is 0. The summed E-state index contributed by atoms with van der Waals surface area (Å²) in [7, 11) is 0. The van der Waals surface area contributed by atoms with Gasteiger partial charge in [-0.05, 0) is 66.0 Å². The maximum Gasteiger partial charge on any atom is 0.132 e. The Morgan fingerprint density at radius 3 is 2.77 bits per heavy atom. The van der Waals surface area contributed by atoms with E-state index in [0.29, 0.717) is 0 Å². The minimum absolute atomic E-state index is 0.749. The van der Waals surface area contributed by atoms with Gasteiger partial charge in [-0.3, -0.25) is 0 Å². The van der Waals surface area contributed by atoms with Crippen LogP contribution in [0.4, 0.5) is 0 Å². The van der Waals surface area contributed by atoms with Crippen molar-refractivity contribution in [1.82, 2.24) is 0 Å². The van der Waals surface area contributed by atoms with E-state index < -0.39 is 0 Å². The Labute approximate surface area is 92.6 Å². The fraction of sp³-hybridized carbons (Fsp3) is 0.455. The second kappa shape index (κ2) is 3.86. The summed E-state index contributed by atoms with van der Waals surface area (Å²) in [5.74, 6) is 1.86. The quantitative estimate of drug-likeness (QED) is 0.773. The Kier molecular flexibility index (Phi) is 2.77. The van der Waals surface area contributed by atoms with E-state index >= 15 is 0 Å². The summed E-state index contributed by atoms with van der Waals surface area (Å²) >= 11 is 2.35. The van der Waals surface area contributed by atoms with Gasteiger partial charge in [0.05, 0.1) is 10.2 Å². The molecule has 0 aliphatic heterocycles. The smallest absolute Gasteiger partial charge is 0.132 e. The van der Waals surface area contributed by atoms with Gasteiger partial charge in [0.1, 0.15) is 5.75 Å². The lowest BCUT2D eigenvalue weighted by atomic mass is 10.1. The molecule has 0 spiro atoms. The van der Waals surface area contributed by atoms with Crippen LogP contribution in [0.5, 0.6) is 5.75 Å². The van der Waals surface area contributed by atoms with Crippen molar-refractivity contribution < 1.29 is 4.74 Å². The molecule has 1 aliphatic rings. The van der Waals surface area contributed by atoms with Crippen molar-refractivity contribution in [3.05, 3.63) is 27.3 Å². The van der Waals surface area contributed by atoms with Crippen LogP contribution in [-0.2, 0) is 0 Å². The number of ether oxygens (including phenoxy) is 1. The van der Waals surface area contributed by atoms with Gasteiger partial charge < -0.3 is 4.74 Å². The lowest BCUT2D eigenvalue weighted by Crippen LogP contribution is -1.94. The van der Waals surface area contributed by atoms with Crippen molar-refractivity contribution in [3.63, 3.8) is 0 Å². The molecule has 0 N–H and O–H groups in total. The molecule has 1 aromatic carbocycles. The molecule has 0 amide bonds. The van der Waals surface area contributed by atoms with Crippen LogP contribution in [0.15, 0.2) is 18.2 Å². The third kappa shape index (κ3) is 2.16. The third-order valence-electron chi connectivity index (χ3n) is 2.30. The zero-order chi connectivity index (χ0) is 9.26. The summed E-state index contributed by atoms with van der Waals surface area (Å²) in [6.45, 7) is 2.77. The second-order valence-corrected chi connectivity index (χ2v) is 4.56. The molecule has 0 heterocycles. The van der Waals surface area contributed by atoms with Crippen molar-refractivity contribution in [2.45, 2.75) is 25.7 Å². The van der Waals surface area contributed by atoms with Gasteiger partial charge in [0.25, 0.3) is 0 Å². The molecule has 2 heteroatoms. The zero-order valence-corrected chi connectivity index (χ0v) is 9.87. The predicted molar refractivity (Wildman–Crippen MR) is 62.3 cm³/mol. The molecule has 2 rings (SSSR count). The SMILES string of the molecule is CCOc1ccc(C2CC2)cc1I. The summed E-state index contributed by atoms with van der Waals surface area (Å²) in [6.07, 6.45) is 2.73. The molecule has 1 fully saturated rings. The molecular formula is C11H13IO. The Balaban J connectivity index is 2.21. The average molecular weight is 288 g/mol. The molecule has 1 aliphatic carbocycles. The van der Waals surface area contributed by atoms with Crippen LogP contribution in [0.2, 0.25) is 0 Å². The lowest BCUT2D eigenvalue weighted by Gasteiger charge is -2.07. The normalized spacial score (nSPS) is 15.8. The minimum atomic E-state index is 0.749. The van der Waals surface area contributed by atoms with E-state index in [9.17, 15) is 0 Å². The van der Waals surface area contributed by atoms with Gasteiger partial charge in [-0.25, -0.2) is 0 Å². The van der Waals surface area contributed by atoms with E-state index in [1.807, 2.05) is 6.92 Å². The van der Waals surface area contributed by atoms with E-state index in [4.69, 9.17) is 4.74 Å². The summed E-state index contributed by atoms with van der Waals surface area (Å²) in [5.41, 5.74) is 1.48. The lowest BCUT2D eigenvalue weighted by molar-refractivity contribution is 0.338. The third-order valence-corrected chi connectivity index (χ3v) is 3.15. The number of benzene rings is 1. The number of hydrogen-bond acceptors (Lipinski definition) is 1. The molecule has 1 aromatic rings. The standard InChI is InChI=1S/C11H13IO/c1-2-13-11-6-5-9(7-10(11)12)8-3-4-8/h5-8H,2-4H2,1H3. The van der Waals surface area contributed by atoms with Crippen molar-refractivity contribution in [2.24, 2.45) is 0 Å². The van der Waals surface area contributed by atoms with E-state index in [-0.39, 0.29) is 0 Å². The highest BCUT2D eigenvalue weighted by Gasteiger charge is 2.23. The van der Waals surface area contributed by atoms with Crippen molar-refractivity contribution in [3.8, 4) is 5.75 Å². The first-order chi connectivity index (χ1) is 6.31. The molecule has 0 unspecified atom stereocenters. The molecule has 0 atom stereocenters. The molecule has 1 saturated carbocycles. The van der Waals surface area contributed by atoms with E-state index in [2.05, 4.69) is 40.8 Å². The van der Waals surface area contributed by atoms with Gasteiger partial charge in [0, 0.05) is 0 Å². The van der Waals surface area contributed by atoms with Gasteiger partial charge in [-0.15, -0.1) is 0 Å². The zero-order valence-electron chi connectivity index (χ0n) is 7.72. The predicted octanol–water partition coefficient (Wildman–Crippen LogP) is 3.57. The van der Waals surface area contributed by atoms with Crippen LogP contribution in [0.3, 0.4) is 0 Å². The van der Waals surface area contributed by atoms with Crippen molar-refractivity contribution in [2.75, 3.05) is 6.61 Å². The molecule has 13 heavy (non-hydrogen) atoms. The largest absolute Gasteiger partial charge is 0.493 e. The fourth-order valence-electron chi connectivity index (χ4n) is 1.46. The van der Waals surface area contributed by atoms with Crippen LogP contribution < -0.4 is 4.74 Å². The molecule has 70 valence electrons. The Morgan fingerprint density at radius 2 is 2.23 bits per heavy atom. The van der Waals surface area contributed by atoms with Crippen LogP contribution in [-0.4, -0.2) is 6.61 Å². The molecule has 0 bridgehead atoms. The monoisotopic (exact) mass is 288 g/mol. The first-order valence-electron chi connectivity index (χ1n) is 4.73. The summed E-state index contributed by atoms with van der Waals surface area (Å²) in [5, 5.41) is 0. The van der Waals surface area contributed by atoms with Gasteiger partial charge in [0.15, 0.2) is 0 Å².